The number of anilines is 1. The zero-order chi connectivity index (χ0) is 20.9. The molecule has 4 aromatic rings. The second kappa shape index (κ2) is 8.95. The van der Waals surface area contributed by atoms with Crippen LogP contribution < -0.4 is 10.6 Å². The lowest BCUT2D eigenvalue weighted by atomic mass is 9.96. The molecular weight excluding hydrogens is 392 g/mol. The number of para-hydroxylation sites is 2. The molecule has 0 spiro atoms. The van der Waals surface area contributed by atoms with Crippen molar-refractivity contribution in [1.29, 1.82) is 5.26 Å². The molecule has 4 N–H and O–H groups in total. The Bertz CT molecular complexity index is 1190. The summed E-state index contributed by atoms with van der Waals surface area (Å²) in [5.41, 5.74) is 3.38. The molecule has 1 amide bonds. The van der Waals surface area contributed by atoms with Crippen LogP contribution in [0.25, 0.3) is 10.9 Å². The van der Waals surface area contributed by atoms with Gasteiger partial charge in [0.25, 0.3) is 5.91 Å². The summed E-state index contributed by atoms with van der Waals surface area (Å²) >= 11 is 1.73. The molecule has 2 atom stereocenters. The van der Waals surface area contributed by atoms with E-state index in [4.69, 9.17) is 0 Å². The topological polar surface area (TPSA) is 85.3 Å². The first-order valence-corrected chi connectivity index (χ1v) is 10.8. The molecule has 30 heavy (non-hydrogen) atoms. The zero-order valence-corrected chi connectivity index (χ0v) is 17.4. The SMILES string of the molecule is C[C@H]([NH2+]C[C@@H](c1cccs1)c1c[nH]c2ccccc12)C(=O)Nc1ccccc1C#N. The van der Waals surface area contributed by atoms with Crippen LogP contribution >= 0.6 is 11.3 Å². The predicted molar refractivity (Wildman–Crippen MR) is 121 cm³/mol. The van der Waals surface area contributed by atoms with E-state index in [1.165, 1.54) is 15.8 Å². The third-order valence-electron chi connectivity index (χ3n) is 5.33. The highest BCUT2D eigenvalue weighted by Crippen LogP contribution is 2.32. The lowest BCUT2D eigenvalue weighted by Crippen LogP contribution is -2.92. The van der Waals surface area contributed by atoms with Crippen molar-refractivity contribution < 1.29 is 10.1 Å². The molecule has 6 heteroatoms. The Balaban J connectivity index is 1.50. The number of aromatic nitrogens is 1. The van der Waals surface area contributed by atoms with Crippen LogP contribution in [0.15, 0.2) is 72.2 Å². The van der Waals surface area contributed by atoms with Gasteiger partial charge in [-0.15, -0.1) is 11.3 Å². The molecule has 0 bridgehead atoms. The number of nitriles is 1. The van der Waals surface area contributed by atoms with Gasteiger partial charge in [0.05, 0.1) is 23.7 Å². The maximum atomic E-state index is 12.7. The molecule has 2 heterocycles. The molecule has 0 aliphatic rings. The first-order valence-electron chi connectivity index (χ1n) is 9.90. The van der Waals surface area contributed by atoms with Crippen molar-refractivity contribution >= 4 is 33.8 Å². The van der Waals surface area contributed by atoms with Gasteiger partial charge in [-0.3, -0.25) is 4.79 Å². The quantitative estimate of drug-likeness (QED) is 0.429. The Hall–Kier alpha value is -3.40. The summed E-state index contributed by atoms with van der Waals surface area (Å²) in [6.07, 6.45) is 2.08. The number of aromatic amines is 1. The van der Waals surface area contributed by atoms with Gasteiger partial charge in [0.15, 0.2) is 6.04 Å². The van der Waals surface area contributed by atoms with Gasteiger partial charge in [0.1, 0.15) is 6.07 Å². The molecule has 0 fully saturated rings. The number of nitrogens with zero attached hydrogens (tertiary/aromatic N) is 1. The monoisotopic (exact) mass is 415 g/mol. The van der Waals surface area contributed by atoms with Crippen molar-refractivity contribution in [1.82, 2.24) is 4.98 Å². The maximum Gasteiger partial charge on any atom is 0.282 e. The number of thiophene rings is 1. The van der Waals surface area contributed by atoms with E-state index < -0.39 is 0 Å². The number of benzene rings is 2. The number of nitrogens with two attached hydrogens (primary N) is 1. The molecule has 4 rings (SSSR count). The fraction of sp³-hybridized carbons (Fsp3) is 0.167. The first-order chi connectivity index (χ1) is 14.7. The molecule has 0 saturated carbocycles. The van der Waals surface area contributed by atoms with Crippen molar-refractivity contribution in [3.8, 4) is 6.07 Å². The van der Waals surface area contributed by atoms with Gasteiger partial charge in [0.2, 0.25) is 0 Å². The molecule has 0 aliphatic carbocycles. The average Bonchev–Trinajstić information content (AvgIpc) is 3.45. The van der Waals surface area contributed by atoms with Crippen LogP contribution in [0.3, 0.4) is 0 Å². The number of amides is 1. The second-order valence-electron chi connectivity index (χ2n) is 7.26. The van der Waals surface area contributed by atoms with Crippen molar-refractivity contribution in [2.45, 2.75) is 18.9 Å². The van der Waals surface area contributed by atoms with Gasteiger partial charge in [-0.05, 0) is 42.1 Å². The van der Waals surface area contributed by atoms with E-state index in [0.29, 0.717) is 11.3 Å². The number of rotatable bonds is 7. The van der Waals surface area contributed by atoms with Crippen LogP contribution in [-0.2, 0) is 4.79 Å². The van der Waals surface area contributed by atoms with Gasteiger partial charge >= 0.3 is 0 Å². The van der Waals surface area contributed by atoms with E-state index in [0.717, 1.165) is 12.1 Å². The van der Waals surface area contributed by atoms with Gasteiger partial charge in [-0.2, -0.15) is 5.26 Å². The fourth-order valence-electron chi connectivity index (χ4n) is 3.65. The molecule has 0 saturated heterocycles. The Labute approximate surface area is 179 Å². The molecular formula is C24H23N4OS+. The van der Waals surface area contributed by atoms with Crippen LogP contribution in [0, 0.1) is 11.3 Å². The third kappa shape index (κ3) is 4.13. The van der Waals surface area contributed by atoms with Crippen LogP contribution in [0.4, 0.5) is 5.69 Å². The molecule has 5 nitrogen and oxygen atoms in total. The highest BCUT2D eigenvalue weighted by molar-refractivity contribution is 7.10. The van der Waals surface area contributed by atoms with Crippen LogP contribution in [0.5, 0.6) is 0 Å². The first kappa shape index (κ1) is 19.9. The van der Waals surface area contributed by atoms with E-state index in [1.807, 2.05) is 19.1 Å². The van der Waals surface area contributed by atoms with Crippen LogP contribution in [0.1, 0.15) is 28.8 Å². The second-order valence-corrected chi connectivity index (χ2v) is 8.24. The fourth-order valence-corrected chi connectivity index (χ4v) is 4.51. The molecule has 2 aromatic carbocycles. The number of carbonyl (C=O) groups excluding carboxylic acids is 1. The molecule has 0 unspecified atom stereocenters. The summed E-state index contributed by atoms with van der Waals surface area (Å²) in [6, 6.07) is 21.4. The molecule has 2 aromatic heterocycles. The molecule has 0 radical (unpaired) electrons. The Morgan fingerprint density at radius 1 is 1.17 bits per heavy atom. The third-order valence-corrected chi connectivity index (χ3v) is 6.31. The minimum atomic E-state index is -0.288. The summed E-state index contributed by atoms with van der Waals surface area (Å²) in [5.74, 6) is 0.0735. The van der Waals surface area contributed by atoms with Crippen molar-refractivity contribution in [3.63, 3.8) is 0 Å². The summed E-state index contributed by atoms with van der Waals surface area (Å²) in [5, 5.41) is 17.5. The zero-order valence-electron chi connectivity index (χ0n) is 16.6. The Kier molecular flexibility index (Phi) is 5.94. The number of quaternary nitrogens is 1. The number of hydrogen-bond acceptors (Lipinski definition) is 3. The van der Waals surface area contributed by atoms with Crippen LogP contribution in [0.2, 0.25) is 0 Å². The summed E-state index contributed by atoms with van der Waals surface area (Å²) in [4.78, 5) is 17.4. The van der Waals surface area contributed by atoms with E-state index in [9.17, 15) is 10.1 Å². The van der Waals surface area contributed by atoms with Gasteiger partial charge in [-0.1, -0.05) is 36.4 Å². The minimum absolute atomic E-state index is 0.110. The highest BCUT2D eigenvalue weighted by atomic mass is 32.1. The van der Waals surface area contributed by atoms with Gasteiger partial charge < -0.3 is 15.6 Å². The summed E-state index contributed by atoms with van der Waals surface area (Å²) in [6.45, 7) is 2.64. The number of nitrogens with one attached hydrogen (secondary N) is 2. The number of H-pyrrole nitrogens is 1. The normalized spacial score (nSPS) is 12.9. The summed E-state index contributed by atoms with van der Waals surface area (Å²) in [7, 11) is 0. The standard InChI is InChI=1S/C24H22N4OS/c1-16(24(29)28-21-9-4-2-7-17(21)13-25)26-15-20(23-11-6-12-30-23)19-14-27-22-10-5-3-8-18(19)22/h2-12,14,16,20,26-27H,15H2,1H3,(H,28,29)/p+1/t16-,20+/m0/s1. The minimum Gasteiger partial charge on any atom is -0.361 e. The molecule has 150 valence electrons. The molecule has 0 aliphatic heterocycles. The lowest BCUT2D eigenvalue weighted by molar-refractivity contribution is -0.674. The maximum absolute atomic E-state index is 12.7. The summed E-state index contributed by atoms with van der Waals surface area (Å²) < 4.78 is 0. The van der Waals surface area contributed by atoms with E-state index in [1.54, 1.807) is 29.5 Å². The Morgan fingerprint density at radius 2 is 1.97 bits per heavy atom. The number of carbonyl (C=O) groups is 1. The van der Waals surface area contributed by atoms with E-state index in [-0.39, 0.29) is 17.9 Å². The number of fused-ring (bicyclic) bond motifs is 1. The highest BCUT2D eigenvalue weighted by Gasteiger charge is 2.24. The lowest BCUT2D eigenvalue weighted by Gasteiger charge is -2.17. The van der Waals surface area contributed by atoms with E-state index >= 15 is 0 Å². The Morgan fingerprint density at radius 3 is 2.77 bits per heavy atom. The van der Waals surface area contributed by atoms with E-state index in [2.05, 4.69) is 63.6 Å². The number of hydrogen-bond donors (Lipinski definition) is 3. The van der Waals surface area contributed by atoms with Crippen molar-refractivity contribution in [3.05, 3.63) is 88.2 Å². The predicted octanol–water partition coefficient (Wildman–Crippen LogP) is 3.82. The average molecular weight is 416 g/mol. The van der Waals surface area contributed by atoms with Crippen LogP contribution in [-0.4, -0.2) is 23.5 Å². The van der Waals surface area contributed by atoms with Crippen molar-refractivity contribution in [2.75, 3.05) is 11.9 Å². The smallest absolute Gasteiger partial charge is 0.282 e. The largest absolute Gasteiger partial charge is 0.361 e. The van der Waals surface area contributed by atoms with Crippen molar-refractivity contribution in [2.24, 2.45) is 0 Å². The van der Waals surface area contributed by atoms with Gasteiger partial charge in [-0.25, -0.2) is 0 Å². The van der Waals surface area contributed by atoms with Gasteiger partial charge in [0, 0.05) is 22.0 Å².